The number of para-hydroxylation sites is 1. The van der Waals surface area contributed by atoms with Crippen LogP contribution < -0.4 is 9.47 Å². The van der Waals surface area contributed by atoms with E-state index in [-0.39, 0.29) is 30.3 Å². The average molecular weight is 675 g/mol. The number of amides is 1. The molecular formula is C32H24BrN3O7S. The van der Waals surface area contributed by atoms with E-state index in [1.54, 1.807) is 47.4 Å². The highest BCUT2D eigenvalue weighted by atomic mass is 79.9. The Kier molecular flexibility index (Phi) is 9.41. The molecule has 0 spiro atoms. The monoisotopic (exact) mass is 673 g/mol. The molecule has 1 amide bonds. The molecule has 1 saturated heterocycles. The van der Waals surface area contributed by atoms with E-state index in [4.69, 9.17) is 14.5 Å². The van der Waals surface area contributed by atoms with Gasteiger partial charge in [0.25, 0.3) is 11.6 Å². The Morgan fingerprint density at radius 2 is 1.73 bits per heavy atom. The van der Waals surface area contributed by atoms with Crippen molar-refractivity contribution in [3.05, 3.63) is 133 Å². The molecule has 5 rings (SSSR count). The number of rotatable bonds is 10. The predicted octanol–water partition coefficient (Wildman–Crippen LogP) is 7.45. The number of methoxy groups -OCH3 is 1. The Labute approximate surface area is 264 Å². The van der Waals surface area contributed by atoms with Gasteiger partial charge in [-0.25, -0.2) is 9.79 Å². The van der Waals surface area contributed by atoms with E-state index in [0.29, 0.717) is 37.3 Å². The lowest BCUT2D eigenvalue weighted by atomic mass is 10.1. The summed E-state index contributed by atoms with van der Waals surface area (Å²) in [7, 11) is 1.51. The van der Waals surface area contributed by atoms with Crippen LogP contribution >= 0.6 is 27.7 Å². The molecule has 1 heterocycles. The molecule has 1 fully saturated rings. The maximum Gasteiger partial charge on any atom is 0.335 e. The number of aromatic carboxylic acids is 1. The van der Waals surface area contributed by atoms with Crippen molar-refractivity contribution in [2.24, 2.45) is 4.99 Å². The molecule has 0 unspecified atom stereocenters. The zero-order valence-corrected chi connectivity index (χ0v) is 25.6. The molecule has 0 radical (unpaired) electrons. The lowest BCUT2D eigenvalue weighted by molar-refractivity contribution is -0.384. The Morgan fingerprint density at radius 3 is 2.36 bits per heavy atom. The van der Waals surface area contributed by atoms with Gasteiger partial charge in [0.05, 0.1) is 39.2 Å². The molecule has 0 aliphatic carbocycles. The molecule has 0 saturated carbocycles. The van der Waals surface area contributed by atoms with Crippen LogP contribution in [0.2, 0.25) is 0 Å². The van der Waals surface area contributed by atoms with Crippen LogP contribution in [0.25, 0.3) is 6.08 Å². The minimum Gasteiger partial charge on any atom is -0.493 e. The average Bonchev–Trinajstić information content (AvgIpc) is 3.29. The molecular weight excluding hydrogens is 650 g/mol. The fraction of sp³-hybridized carbons (Fsp3) is 0.0938. The Bertz CT molecular complexity index is 1780. The molecule has 1 aliphatic heterocycles. The molecule has 1 N–H and O–H groups in total. The van der Waals surface area contributed by atoms with Crippen molar-refractivity contribution in [2.75, 3.05) is 7.11 Å². The van der Waals surface area contributed by atoms with Crippen LogP contribution in [0.3, 0.4) is 0 Å². The van der Waals surface area contributed by atoms with Crippen LogP contribution in [-0.4, -0.2) is 39.1 Å². The number of non-ortho nitro benzene ring substituents is 1. The van der Waals surface area contributed by atoms with E-state index in [2.05, 4.69) is 15.9 Å². The van der Waals surface area contributed by atoms with Crippen molar-refractivity contribution in [1.29, 1.82) is 0 Å². The first-order chi connectivity index (χ1) is 21.2. The maximum absolute atomic E-state index is 13.7. The van der Waals surface area contributed by atoms with Gasteiger partial charge in [-0.1, -0.05) is 30.3 Å². The van der Waals surface area contributed by atoms with Crippen molar-refractivity contribution >= 4 is 62.2 Å². The standard InChI is InChI=1S/C32H24BrN3O7S/c1-42-27-16-22(15-26(33)29(27)43-19-21-9-13-25(14-10-21)36(40)41)17-28-30(37)35(18-20-7-11-23(12-8-20)31(38)39)32(44-28)34-24-5-3-2-4-6-24/h2-17H,18-19H2,1H3,(H,38,39)/b28-17-,34-32?. The van der Waals surface area contributed by atoms with Gasteiger partial charge >= 0.3 is 5.97 Å². The number of hydrogen-bond donors (Lipinski definition) is 1. The van der Waals surface area contributed by atoms with E-state index >= 15 is 0 Å². The third-order valence-electron chi connectivity index (χ3n) is 6.49. The lowest BCUT2D eigenvalue weighted by Gasteiger charge is -2.16. The summed E-state index contributed by atoms with van der Waals surface area (Å²) < 4.78 is 12.2. The van der Waals surface area contributed by atoms with Gasteiger partial charge in [0.2, 0.25) is 0 Å². The molecule has 222 valence electrons. The first-order valence-electron chi connectivity index (χ1n) is 13.1. The molecule has 0 aromatic heterocycles. The summed E-state index contributed by atoms with van der Waals surface area (Å²) in [5.41, 5.74) is 3.02. The number of halogens is 1. The van der Waals surface area contributed by atoms with E-state index in [9.17, 15) is 24.8 Å². The highest BCUT2D eigenvalue weighted by Crippen LogP contribution is 2.40. The fourth-order valence-corrected chi connectivity index (χ4v) is 5.84. The number of aliphatic imine (C=N–C) groups is 1. The number of amidine groups is 1. The summed E-state index contributed by atoms with van der Waals surface area (Å²) in [5, 5.41) is 20.6. The highest BCUT2D eigenvalue weighted by Gasteiger charge is 2.33. The second-order valence-electron chi connectivity index (χ2n) is 9.48. The van der Waals surface area contributed by atoms with Crippen molar-refractivity contribution in [3.8, 4) is 11.5 Å². The van der Waals surface area contributed by atoms with Gasteiger partial charge in [0, 0.05) is 12.1 Å². The normalized spacial score (nSPS) is 14.7. The first kappa shape index (κ1) is 30.5. The number of nitrogens with zero attached hydrogens (tertiary/aromatic N) is 3. The van der Waals surface area contributed by atoms with E-state index in [0.717, 1.165) is 11.1 Å². The van der Waals surface area contributed by atoms with E-state index in [1.165, 1.54) is 43.1 Å². The zero-order chi connectivity index (χ0) is 31.2. The maximum atomic E-state index is 13.7. The summed E-state index contributed by atoms with van der Waals surface area (Å²) in [6.07, 6.45) is 1.74. The minimum absolute atomic E-state index is 0.00383. The summed E-state index contributed by atoms with van der Waals surface area (Å²) in [6, 6.07) is 25.3. The number of nitro benzene ring substituents is 1. The summed E-state index contributed by atoms with van der Waals surface area (Å²) >= 11 is 4.78. The van der Waals surface area contributed by atoms with Crippen molar-refractivity contribution in [3.63, 3.8) is 0 Å². The number of carboxylic acid groups (broad SMARTS) is 1. The van der Waals surface area contributed by atoms with Gasteiger partial charge in [0.15, 0.2) is 16.7 Å². The van der Waals surface area contributed by atoms with Gasteiger partial charge in [-0.15, -0.1) is 0 Å². The number of hydrogen-bond acceptors (Lipinski definition) is 8. The smallest absolute Gasteiger partial charge is 0.335 e. The molecule has 10 nitrogen and oxygen atoms in total. The zero-order valence-electron chi connectivity index (χ0n) is 23.2. The van der Waals surface area contributed by atoms with E-state index in [1.807, 2.05) is 30.3 Å². The van der Waals surface area contributed by atoms with Crippen LogP contribution in [0.5, 0.6) is 11.5 Å². The van der Waals surface area contributed by atoms with Gasteiger partial charge in [-0.05, 0) is 99.0 Å². The number of carbonyl (C=O) groups is 2. The molecule has 1 aliphatic rings. The van der Waals surface area contributed by atoms with Crippen molar-refractivity contribution in [2.45, 2.75) is 13.2 Å². The fourth-order valence-electron chi connectivity index (χ4n) is 4.26. The topological polar surface area (TPSA) is 132 Å². The number of nitro groups is 1. The molecule has 4 aromatic carbocycles. The lowest BCUT2D eigenvalue weighted by Crippen LogP contribution is -2.28. The Balaban J connectivity index is 1.41. The van der Waals surface area contributed by atoms with Gasteiger partial charge in [0.1, 0.15) is 6.61 Å². The second-order valence-corrected chi connectivity index (χ2v) is 11.3. The number of ether oxygens (including phenoxy) is 2. The van der Waals surface area contributed by atoms with Gasteiger partial charge in [-0.3, -0.25) is 19.8 Å². The van der Waals surface area contributed by atoms with Crippen molar-refractivity contribution < 1.29 is 29.1 Å². The largest absolute Gasteiger partial charge is 0.493 e. The summed E-state index contributed by atoms with van der Waals surface area (Å²) in [5.74, 6) is -0.404. The number of thioether (sulfide) groups is 1. The summed E-state index contributed by atoms with van der Waals surface area (Å²) in [4.78, 5) is 42.1. The van der Waals surface area contributed by atoms with Crippen molar-refractivity contribution in [1.82, 2.24) is 4.90 Å². The quantitative estimate of drug-likeness (QED) is 0.104. The molecule has 4 aromatic rings. The van der Waals surface area contributed by atoms with Crippen LogP contribution in [0.4, 0.5) is 11.4 Å². The third-order valence-corrected chi connectivity index (χ3v) is 8.09. The SMILES string of the molecule is COc1cc(/C=C2\SC(=Nc3ccccc3)N(Cc3ccc(C(=O)O)cc3)C2=O)cc(Br)c1OCc1ccc([N+](=O)[O-])cc1. The first-order valence-corrected chi connectivity index (χ1v) is 14.7. The van der Waals surface area contributed by atoms with Crippen LogP contribution in [0, 0.1) is 10.1 Å². The minimum atomic E-state index is -1.02. The summed E-state index contributed by atoms with van der Waals surface area (Å²) in [6.45, 7) is 0.362. The number of benzene rings is 4. The van der Waals surface area contributed by atoms with Gasteiger partial charge in [-0.2, -0.15) is 0 Å². The van der Waals surface area contributed by atoms with Crippen LogP contribution in [0.1, 0.15) is 27.0 Å². The van der Waals surface area contributed by atoms with E-state index < -0.39 is 10.9 Å². The number of carbonyl (C=O) groups excluding carboxylic acids is 1. The predicted molar refractivity (Wildman–Crippen MR) is 171 cm³/mol. The Hall–Kier alpha value is -4.94. The van der Waals surface area contributed by atoms with Crippen LogP contribution in [0.15, 0.2) is 105 Å². The third kappa shape index (κ3) is 7.16. The molecule has 0 atom stereocenters. The number of carboxylic acids is 1. The Morgan fingerprint density at radius 1 is 1.05 bits per heavy atom. The molecule has 12 heteroatoms. The van der Waals surface area contributed by atoms with Gasteiger partial charge < -0.3 is 14.6 Å². The highest BCUT2D eigenvalue weighted by molar-refractivity contribution is 9.10. The molecule has 0 bridgehead atoms. The van der Waals surface area contributed by atoms with Crippen LogP contribution in [-0.2, 0) is 17.9 Å². The molecule has 44 heavy (non-hydrogen) atoms. The second kappa shape index (κ2) is 13.6.